The predicted molar refractivity (Wildman–Crippen MR) is 95.6 cm³/mol. The number of unbranched alkanes of at least 4 members (excludes halogenated alkanes) is 3. The fraction of sp³-hybridized carbons (Fsp3) is 0.619. The Morgan fingerprint density at radius 1 is 1.05 bits per heavy atom. The van der Waals surface area contributed by atoms with Crippen molar-refractivity contribution in [1.82, 2.24) is 0 Å². The molecule has 0 aromatic heterocycles. The highest BCUT2D eigenvalue weighted by atomic mass is 16.3. The highest BCUT2D eigenvalue weighted by molar-refractivity contribution is 5.57. The molecular weight excluding hydrogens is 268 g/mol. The van der Waals surface area contributed by atoms with Gasteiger partial charge in [-0.25, -0.2) is 0 Å². The van der Waals surface area contributed by atoms with E-state index in [-0.39, 0.29) is 12.0 Å². The Bertz CT molecular complexity index is 564. The summed E-state index contributed by atoms with van der Waals surface area (Å²) < 4.78 is 0. The number of benzene rings is 1. The third kappa shape index (κ3) is 3.15. The average Bonchev–Trinajstić information content (AvgIpc) is 2.47. The summed E-state index contributed by atoms with van der Waals surface area (Å²) in [5.41, 5.74) is 8.43. The van der Waals surface area contributed by atoms with Crippen molar-refractivity contribution < 1.29 is 5.11 Å². The van der Waals surface area contributed by atoms with Crippen LogP contribution in [0.4, 0.5) is 0 Å². The van der Waals surface area contributed by atoms with Gasteiger partial charge in [-0.1, -0.05) is 52.2 Å². The molecule has 0 heterocycles. The molecule has 0 aliphatic heterocycles. The summed E-state index contributed by atoms with van der Waals surface area (Å²) >= 11 is 0. The normalized spacial score (nSPS) is 15.9. The molecule has 0 saturated carbocycles. The van der Waals surface area contributed by atoms with Crippen molar-refractivity contribution in [3.05, 3.63) is 45.5 Å². The number of aliphatic hydroxyl groups is 1. The van der Waals surface area contributed by atoms with E-state index in [1.54, 1.807) is 0 Å². The van der Waals surface area contributed by atoms with Gasteiger partial charge < -0.3 is 5.11 Å². The molecule has 1 N–H and O–H groups in total. The second-order valence-electron chi connectivity index (χ2n) is 7.36. The van der Waals surface area contributed by atoms with Crippen molar-refractivity contribution in [3.8, 4) is 0 Å². The van der Waals surface area contributed by atoms with Gasteiger partial charge in [0.1, 0.15) is 0 Å². The van der Waals surface area contributed by atoms with Crippen LogP contribution in [0.3, 0.4) is 0 Å². The number of hydrogen-bond acceptors (Lipinski definition) is 1. The third-order valence-electron chi connectivity index (χ3n) is 5.34. The van der Waals surface area contributed by atoms with Crippen LogP contribution in [-0.4, -0.2) is 5.11 Å². The Labute approximate surface area is 136 Å². The fourth-order valence-corrected chi connectivity index (χ4v) is 4.16. The SMILES string of the molecule is CCCCCCc1c(C)c2c(c(C)c1CO)CC=CC2(C)C. The van der Waals surface area contributed by atoms with Gasteiger partial charge in [-0.3, -0.25) is 0 Å². The molecule has 1 aromatic rings. The lowest BCUT2D eigenvalue weighted by atomic mass is 9.71. The van der Waals surface area contributed by atoms with E-state index in [1.165, 1.54) is 59.1 Å². The van der Waals surface area contributed by atoms with E-state index < -0.39 is 0 Å². The maximum atomic E-state index is 9.94. The Kier molecular flexibility index (Phi) is 5.50. The molecule has 1 aliphatic rings. The van der Waals surface area contributed by atoms with Gasteiger partial charge in [-0.05, 0) is 66.5 Å². The monoisotopic (exact) mass is 300 g/mol. The quantitative estimate of drug-likeness (QED) is 0.557. The Morgan fingerprint density at radius 2 is 1.77 bits per heavy atom. The molecule has 0 spiro atoms. The van der Waals surface area contributed by atoms with Crippen LogP contribution >= 0.6 is 0 Å². The minimum absolute atomic E-state index is 0.106. The average molecular weight is 300 g/mol. The van der Waals surface area contributed by atoms with E-state index in [2.05, 4.69) is 46.8 Å². The van der Waals surface area contributed by atoms with E-state index in [1.807, 2.05) is 0 Å². The van der Waals surface area contributed by atoms with Crippen LogP contribution < -0.4 is 0 Å². The lowest BCUT2D eigenvalue weighted by Gasteiger charge is -2.34. The van der Waals surface area contributed by atoms with Crippen molar-refractivity contribution >= 4 is 0 Å². The first kappa shape index (κ1) is 17.3. The highest BCUT2D eigenvalue weighted by Crippen LogP contribution is 2.40. The summed E-state index contributed by atoms with van der Waals surface area (Å²) in [4.78, 5) is 0. The molecule has 0 amide bonds. The van der Waals surface area contributed by atoms with Gasteiger partial charge >= 0.3 is 0 Å². The predicted octanol–water partition coefficient (Wildman–Crippen LogP) is 5.31. The number of hydrogen-bond donors (Lipinski definition) is 1. The number of fused-ring (bicyclic) bond motifs is 1. The largest absolute Gasteiger partial charge is 0.392 e. The van der Waals surface area contributed by atoms with E-state index in [9.17, 15) is 5.11 Å². The molecule has 0 fully saturated rings. The van der Waals surface area contributed by atoms with Gasteiger partial charge in [0.05, 0.1) is 6.61 Å². The van der Waals surface area contributed by atoms with Crippen LogP contribution in [0.2, 0.25) is 0 Å². The Hall–Kier alpha value is -1.08. The van der Waals surface area contributed by atoms with Gasteiger partial charge in [-0.15, -0.1) is 0 Å². The first-order valence-corrected chi connectivity index (χ1v) is 8.86. The molecule has 0 saturated heterocycles. The molecule has 0 atom stereocenters. The molecule has 0 bridgehead atoms. The summed E-state index contributed by atoms with van der Waals surface area (Å²) in [7, 11) is 0. The number of aliphatic hydroxyl groups excluding tert-OH is 1. The lowest BCUT2D eigenvalue weighted by Crippen LogP contribution is -2.24. The van der Waals surface area contributed by atoms with E-state index >= 15 is 0 Å². The zero-order chi connectivity index (χ0) is 16.3. The Morgan fingerprint density at radius 3 is 2.41 bits per heavy atom. The molecular formula is C21H32O. The molecule has 1 heteroatoms. The number of rotatable bonds is 6. The summed E-state index contributed by atoms with van der Waals surface area (Å²) in [6, 6.07) is 0. The van der Waals surface area contributed by atoms with Crippen LogP contribution in [0.15, 0.2) is 12.2 Å². The maximum absolute atomic E-state index is 9.94. The standard InChI is InChI=1S/C21H32O/c1-6-7-8-9-11-17-16(3)20-18(15(2)19(17)14-22)12-10-13-21(20,4)5/h10,13,22H,6-9,11-12,14H2,1-5H3. The zero-order valence-electron chi connectivity index (χ0n) is 15.1. The van der Waals surface area contributed by atoms with Crippen molar-refractivity contribution in [2.75, 3.05) is 0 Å². The molecule has 22 heavy (non-hydrogen) atoms. The highest BCUT2D eigenvalue weighted by Gasteiger charge is 2.29. The second kappa shape index (κ2) is 7.00. The second-order valence-corrected chi connectivity index (χ2v) is 7.36. The van der Waals surface area contributed by atoms with Crippen LogP contribution in [0.25, 0.3) is 0 Å². The first-order chi connectivity index (χ1) is 10.4. The van der Waals surface area contributed by atoms with Crippen LogP contribution in [0.1, 0.15) is 79.8 Å². The number of allylic oxidation sites excluding steroid dienone is 2. The van der Waals surface area contributed by atoms with Crippen molar-refractivity contribution in [1.29, 1.82) is 0 Å². The van der Waals surface area contributed by atoms with Crippen LogP contribution in [-0.2, 0) is 24.9 Å². The van der Waals surface area contributed by atoms with Crippen molar-refractivity contribution in [2.45, 2.75) is 85.2 Å². The lowest BCUT2D eigenvalue weighted by molar-refractivity contribution is 0.279. The van der Waals surface area contributed by atoms with E-state index in [0.29, 0.717) is 0 Å². The maximum Gasteiger partial charge on any atom is 0.0687 e. The van der Waals surface area contributed by atoms with Crippen LogP contribution in [0, 0.1) is 13.8 Å². The molecule has 122 valence electrons. The summed E-state index contributed by atoms with van der Waals surface area (Å²) in [5, 5.41) is 9.94. The minimum atomic E-state index is 0.106. The van der Waals surface area contributed by atoms with Crippen LogP contribution in [0.5, 0.6) is 0 Å². The third-order valence-corrected chi connectivity index (χ3v) is 5.34. The summed E-state index contributed by atoms with van der Waals surface area (Å²) in [6.07, 6.45) is 11.9. The van der Waals surface area contributed by atoms with E-state index in [0.717, 1.165) is 12.8 Å². The summed E-state index contributed by atoms with van der Waals surface area (Å²) in [5.74, 6) is 0. The Balaban J connectivity index is 2.48. The molecule has 0 radical (unpaired) electrons. The molecule has 1 aliphatic carbocycles. The van der Waals surface area contributed by atoms with Crippen molar-refractivity contribution in [2.24, 2.45) is 0 Å². The fourth-order valence-electron chi connectivity index (χ4n) is 4.16. The van der Waals surface area contributed by atoms with Gasteiger partial charge in [0.15, 0.2) is 0 Å². The van der Waals surface area contributed by atoms with Gasteiger partial charge in [0, 0.05) is 5.41 Å². The van der Waals surface area contributed by atoms with Crippen molar-refractivity contribution in [3.63, 3.8) is 0 Å². The molecule has 2 rings (SSSR count). The molecule has 1 nitrogen and oxygen atoms in total. The molecule has 1 aromatic carbocycles. The first-order valence-electron chi connectivity index (χ1n) is 8.86. The van der Waals surface area contributed by atoms with E-state index in [4.69, 9.17) is 0 Å². The molecule has 0 unspecified atom stereocenters. The smallest absolute Gasteiger partial charge is 0.0687 e. The zero-order valence-corrected chi connectivity index (χ0v) is 15.1. The minimum Gasteiger partial charge on any atom is -0.392 e. The topological polar surface area (TPSA) is 20.2 Å². The van der Waals surface area contributed by atoms with Gasteiger partial charge in [0.25, 0.3) is 0 Å². The van der Waals surface area contributed by atoms with Gasteiger partial charge in [-0.2, -0.15) is 0 Å². The summed E-state index contributed by atoms with van der Waals surface area (Å²) in [6.45, 7) is 11.5. The van der Waals surface area contributed by atoms with Gasteiger partial charge in [0.2, 0.25) is 0 Å².